The van der Waals surface area contributed by atoms with Crippen LogP contribution in [0.5, 0.6) is 0 Å². The molecule has 0 spiro atoms. The molecule has 3 heterocycles. The van der Waals surface area contributed by atoms with Crippen molar-refractivity contribution in [3.63, 3.8) is 0 Å². The Morgan fingerprint density at radius 2 is 2.33 bits per heavy atom. The van der Waals surface area contributed by atoms with Gasteiger partial charge >= 0.3 is 0 Å². The third kappa shape index (κ3) is 4.40. The van der Waals surface area contributed by atoms with Crippen molar-refractivity contribution < 1.29 is 14.1 Å². The highest BCUT2D eigenvalue weighted by Crippen LogP contribution is 2.23. The van der Waals surface area contributed by atoms with Gasteiger partial charge in [-0.2, -0.15) is 4.98 Å². The normalized spacial score (nSPS) is 16.4. The Bertz CT molecular complexity index is 636. The Labute approximate surface area is 145 Å². The summed E-state index contributed by atoms with van der Waals surface area (Å²) in [6, 6.07) is 3.95. The molecule has 1 amide bonds. The molecular formula is C16H22N4O3S. The molecule has 2 aromatic rings. The molecule has 0 unspecified atom stereocenters. The third-order valence-corrected chi connectivity index (χ3v) is 5.00. The number of amides is 1. The number of ether oxygens (including phenoxy) is 1. The van der Waals surface area contributed by atoms with Gasteiger partial charge in [-0.15, -0.1) is 11.3 Å². The molecule has 0 bridgehead atoms. The lowest BCUT2D eigenvalue weighted by Crippen LogP contribution is -2.41. The summed E-state index contributed by atoms with van der Waals surface area (Å²) in [5, 5.41) is 8.94. The van der Waals surface area contributed by atoms with Crippen molar-refractivity contribution >= 4 is 17.2 Å². The van der Waals surface area contributed by atoms with Gasteiger partial charge in [0, 0.05) is 19.6 Å². The van der Waals surface area contributed by atoms with E-state index >= 15 is 0 Å². The van der Waals surface area contributed by atoms with Gasteiger partial charge in [-0.1, -0.05) is 11.2 Å². The Kier molecular flexibility index (Phi) is 5.95. The van der Waals surface area contributed by atoms with Gasteiger partial charge in [0.05, 0.1) is 18.0 Å². The minimum absolute atomic E-state index is 0.0856. The molecule has 7 nitrogen and oxygen atoms in total. The maximum absolute atomic E-state index is 12.0. The van der Waals surface area contributed by atoms with Crippen molar-refractivity contribution in [1.29, 1.82) is 0 Å². The quantitative estimate of drug-likeness (QED) is 0.767. The predicted molar refractivity (Wildman–Crippen MR) is 90.5 cm³/mol. The van der Waals surface area contributed by atoms with Gasteiger partial charge in [0.25, 0.3) is 0 Å². The maximum atomic E-state index is 12.0. The first-order valence-corrected chi connectivity index (χ1v) is 8.99. The number of nitrogens with zero attached hydrogens (tertiary/aromatic N) is 3. The van der Waals surface area contributed by atoms with Crippen LogP contribution in [0.2, 0.25) is 0 Å². The van der Waals surface area contributed by atoms with Gasteiger partial charge in [-0.25, -0.2) is 0 Å². The van der Waals surface area contributed by atoms with Gasteiger partial charge in [0.15, 0.2) is 0 Å². The fourth-order valence-electron chi connectivity index (χ4n) is 2.79. The fourth-order valence-corrected chi connectivity index (χ4v) is 3.44. The van der Waals surface area contributed by atoms with Crippen molar-refractivity contribution in [3.05, 3.63) is 23.4 Å². The number of hydrogen-bond acceptors (Lipinski definition) is 7. The largest absolute Gasteiger partial charge is 0.383 e. The summed E-state index contributed by atoms with van der Waals surface area (Å²) in [7, 11) is 1.63. The fraction of sp³-hybridized carbons (Fsp3) is 0.562. The highest BCUT2D eigenvalue weighted by atomic mass is 32.1. The van der Waals surface area contributed by atoms with E-state index < -0.39 is 0 Å². The molecule has 3 rings (SSSR count). The topological polar surface area (TPSA) is 80.5 Å². The monoisotopic (exact) mass is 350 g/mol. The average Bonchev–Trinajstić information content (AvgIpc) is 3.27. The Hall–Kier alpha value is -1.77. The van der Waals surface area contributed by atoms with Crippen LogP contribution in [0.3, 0.4) is 0 Å². The zero-order valence-electron chi connectivity index (χ0n) is 13.7. The number of nitrogens with one attached hydrogen (secondary N) is 1. The van der Waals surface area contributed by atoms with E-state index in [1.807, 2.05) is 17.5 Å². The molecule has 0 radical (unpaired) electrons. The number of carbonyl (C=O) groups excluding carboxylic acids is 1. The lowest BCUT2D eigenvalue weighted by atomic mass is 9.96. The number of rotatable bonds is 7. The minimum Gasteiger partial charge on any atom is -0.383 e. The van der Waals surface area contributed by atoms with Gasteiger partial charge < -0.3 is 14.6 Å². The molecule has 1 aliphatic heterocycles. The molecule has 0 aliphatic carbocycles. The van der Waals surface area contributed by atoms with E-state index in [0.29, 0.717) is 31.4 Å². The first-order chi connectivity index (χ1) is 11.8. The van der Waals surface area contributed by atoms with E-state index in [-0.39, 0.29) is 11.8 Å². The van der Waals surface area contributed by atoms with E-state index in [0.717, 1.165) is 30.8 Å². The standard InChI is InChI=1S/C16H22N4O3S/c1-22-9-6-17-16(21)12-4-7-20(8-5-12)11-14-18-15(19-23-14)13-3-2-10-24-13/h2-3,10,12H,4-9,11H2,1H3,(H,17,21). The maximum Gasteiger partial charge on any atom is 0.241 e. The molecule has 1 fully saturated rings. The number of aromatic nitrogens is 2. The molecule has 0 saturated carbocycles. The Balaban J connectivity index is 1.45. The van der Waals surface area contributed by atoms with Crippen LogP contribution >= 0.6 is 11.3 Å². The van der Waals surface area contributed by atoms with Crippen LogP contribution in [-0.4, -0.2) is 54.3 Å². The van der Waals surface area contributed by atoms with Crippen LogP contribution in [-0.2, 0) is 16.1 Å². The first-order valence-electron chi connectivity index (χ1n) is 8.11. The van der Waals surface area contributed by atoms with E-state index in [1.54, 1.807) is 18.4 Å². The van der Waals surface area contributed by atoms with Crippen LogP contribution in [0.4, 0.5) is 0 Å². The van der Waals surface area contributed by atoms with Crippen molar-refractivity contribution in [2.75, 3.05) is 33.4 Å². The zero-order chi connectivity index (χ0) is 16.8. The molecule has 0 aromatic carbocycles. The number of piperidine rings is 1. The van der Waals surface area contributed by atoms with Crippen molar-refractivity contribution in [2.24, 2.45) is 5.92 Å². The summed E-state index contributed by atoms with van der Waals surface area (Å²) in [6.07, 6.45) is 1.70. The van der Waals surface area contributed by atoms with Crippen molar-refractivity contribution in [2.45, 2.75) is 19.4 Å². The third-order valence-electron chi connectivity index (χ3n) is 4.13. The molecule has 130 valence electrons. The summed E-state index contributed by atoms with van der Waals surface area (Å²) in [6.45, 7) is 3.48. The van der Waals surface area contributed by atoms with Gasteiger partial charge in [-0.05, 0) is 37.4 Å². The second-order valence-corrected chi connectivity index (χ2v) is 6.77. The van der Waals surface area contributed by atoms with E-state index in [9.17, 15) is 4.79 Å². The molecule has 1 N–H and O–H groups in total. The van der Waals surface area contributed by atoms with E-state index in [2.05, 4.69) is 20.4 Å². The van der Waals surface area contributed by atoms with Crippen molar-refractivity contribution in [3.8, 4) is 10.7 Å². The van der Waals surface area contributed by atoms with Gasteiger partial charge in [0.2, 0.25) is 17.6 Å². The van der Waals surface area contributed by atoms with Crippen LogP contribution in [0.15, 0.2) is 22.0 Å². The Morgan fingerprint density at radius 3 is 3.04 bits per heavy atom. The number of likely N-dealkylation sites (tertiary alicyclic amines) is 1. The van der Waals surface area contributed by atoms with Gasteiger partial charge in [0.1, 0.15) is 0 Å². The number of hydrogen-bond donors (Lipinski definition) is 1. The molecule has 0 atom stereocenters. The van der Waals surface area contributed by atoms with Crippen LogP contribution in [0.25, 0.3) is 10.7 Å². The second-order valence-electron chi connectivity index (χ2n) is 5.82. The van der Waals surface area contributed by atoms with Gasteiger partial charge in [-0.3, -0.25) is 9.69 Å². The number of carbonyl (C=O) groups is 1. The molecule has 8 heteroatoms. The lowest BCUT2D eigenvalue weighted by molar-refractivity contribution is -0.126. The van der Waals surface area contributed by atoms with Crippen LogP contribution in [0, 0.1) is 5.92 Å². The summed E-state index contributed by atoms with van der Waals surface area (Å²) < 4.78 is 10.3. The Morgan fingerprint density at radius 1 is 1.50 bits per heavy atom. The SMILES string of the molecule is COCCNC(=O)C1CCN(Cc2nc(-c3cccs3)no2)CC1. The number of methoxy groups -OCH3 is 1. The van der Waals surface area contributed by atoms with Crippen LogP contribution < -0.4 is 5.32 Å². The highest BCUT2D eigenvalue weighted by Gasteiger charge is 2.25. The molecular weight excluding hydrogens is 328 g/mol. The summed E-state index contributed by atoms with van der Waals surface area (Å²) in [5.74, 6) is 1.49. The average molecular weight is 350 g/mol. The highest BCUT2D eigenvalue weighted by molar-refractivity contribution is 7.13. The summed E-state index contributed by atoms with van der Waals surface area (Å²) in [5.41, 5.74) is 0. The lowest BCUT2D eigenvalue weighted by Gasteiger charge is -2.30. The van der Waals surface area contributed by atoms with Crippen LogP contribution in [0.1, 0.15) is 18.7 Å². The summed E-state index contributed by atoms with van der Waals surface area (Å²) in [4.78, 5) is 19.8. The first kappa shape index (κ1) is 17.1. The summed E-state index contributed by atoms with van der Waals surface area (Å²) >= 11 is 1.59. The molecule has 24 heavy (non-hydrogen) atoms. The molecule has 1 saturated heterocycles. The minimum atomic E-state index is 0.0856. The second kappa shape index (κ2) is 8.36. The molecule has 2 aromatic heterocycles. The van der Waals surface area contributed by atoms with E-state index in [1.165, 1.54) is 0 Å². The zero-order valence-corrected chi connectivity index (χ0v) is 14.6. The predicted octanol–water partition coefficient (Wildman–Crippen LogP) is 1.77. The smallest absolute Gasteiger partial charge is 0.241 e. The van der Waals surface area contributed by atoms with E-state index in [4.69, 9.17) is 9.26 Å². The molecule has 1 aliphatic rings. The van der Waals surface area contributed by atoms with Crippen molar-refractivity contribution in [1.82, 2.24) is 20.4 Å². The number of thiophene rings is 1.